The molecule has 0 saturated carbocycles. The van der Waals surface area contributed by atoms with Crippen LogP contribution in [0.5, 0.6) is 0 Å². The molecule has 1 fully saturated rings. The predicted molar refractivity (Wildman–Crippen MR) is 97.8 cm³/mol. The maximum atomic E-state index is 12.1. The van der Waals surface area contributed by atoms with E-state index in [-0.39, 0.29) is 5.91 Å². The second-order valence-corrected chi connectivity index (χ2v) is 6.44. The van der Waals surface area contributed by atoms with E-state index in [1.54, 1.807) is 0 Å². The molecule has 0 bridgehead atoms. The molecular formula is C19H18N2OS. The Hall–Kier alpha value is -2.33. The van der Waals surface area contributed by atoms with Gasteiger partial charge in [0.2, 0.25) is 0 Å². The van der Waals surface area contributed by atoms with Crippen molar-refractivity contribution in [2.75, 3.05) is 0 Å². The van der Waals surface area contributed by atoms with Gasteiger partial charge >= 0.3 is 0 Å². The lowest BCUT2D eigenvalue weighted by Crippen LogP contribution is -2.19. The summed E-state index contributed by atoms with van der Waals surface area (Å²) in [6.07, 6.45) is 2.91. The molecule has 23 heavy (non-hydrogen) atoms. The van der Waals surface area contributed by atoms with Crippen molar-refractivity contribution in [3.8, 4) is 0 Å². The molecule has 1 saturated heterocycles. The van der Waals surface area contributed by atoms with Gasteiger partial charge in [0.25, 0.3) is 5.91 Å². The molecule has 4 heteroatoms. The summed E-state index contributed by atoms with van der Waals surface area (Å²) in [4.78, 5) is 17.2. The highest BCUT2D eigenvalue weighted by Crippen LogP contribution is 2.28. The number of carbonyl (C=O) groups excluding carboxylic acids is 1. The molecular weight excluding hydrogens is 304 g/mol. The van der Waals surface area contributed by atoms with Gasteiger partial charge in [-0.15, -0.1) is 0 Å². The van der Waals surface area contributed by atoms with Crippen molar-refractivity contribution < 1.29 is 4.79 Å². The maximum Gasteiger partial charge on any atom is 0.264 e. The predicted octanol–water partition coefficient (Wildman–Crippen LogP) is 4.45. The van der Waals surface area contributed by atoms with E-state index in [4.69, 9.17) is 0 Å². The SMILES string of the molecule is CCc1ccc(C=C2SC(=Nc3ccc(C)cc3)NC2=O)cc1. The van der Waals surface area contributed by atoms with E-state index in [0.717, 1.165) is 17.7 Å². The maximum absolute atomic E-state index is 12.1. The van der Waals surface area contributed by atoms with Gasteiger partial charge in [-0.05, 0) is 54.4 Å². The Morgan fingerprint density at radius 1 is 1.09 bits per heavy atom. The molecule has 0 aromatic heterocycles. The minimum Gasteiger partial charge on any atom is -0.300 e. The molecule has 2 aromatic carbocycles. The van der Waals surface area contributed by atoms with Crippen LogP contribution in [0.3, 0.4) is 0 Å². The summed E-state index contributed by atoms with van der Waals surface area (Å²) in [6, 6.07) is 16.2. The zero-order valence-corrected chi connectivity index (χ0v) is 14.0. The number of hydrogen-bond acceptors (Lipinski definition) is 3. The Bertz CT molecular complexity index is 774. The molecule has 3 rings (SSSR count). The van der Waals surface area contributed by atoms with Crippen LogP contribution in [0, 0.1) is 6.92 Å². The molecule has 1 aliphatic heterocycles. The fraction of sp³-hybridized carbons (Fsp3) is 0.158. The van der Waals surface area contributed by atoms with Gasteiger partial charge in [0.05, 0.1) is 10.6 Å². The first-order valence-corrected chi connectivity index (χ1v) is 8.41. The zero-order valence-electron chi connectivity index (χ0n) is 13.2. The van der Waals surface area contributed by atoms with Crippen molar-refractivity contribution in [3.05, 3.63) is 70.1 Å². The topological polar surface area (TPSA) is 41.5 Å². The Balaban J connectivity index is 1.78. The molecule has 1 amide bonds. The number of amides is 1. The minimum absolute atomic E-state index is 0.0968. The quantitative estimate of drug-likeness (QED) is 0.848. The van der Waals surface area contributed by atoms with Gasteiger partial charge in [0, 0.05) is 0 Å². The summed E-state index contributed by atoms with van der Waals surface area (Å²) in [5.74, 6) is -0.0968. The average molecular weight is 322 g/mol. The zero-order chi connectivity index (χ0) is 16.2. The number of aliphatic imine (C=N–C) groups is 1. The Labute approximate surface area is 140 Å². The summed E-state index contributed by atoms with van der Waals surface area (Å²) in [7, 11) is 0. The number of rotatable bonds is 3. The van der Waals surface area contributed by atoms with Crippen molar-refractivity contribution in [3.63, 3.8) is 0 Å². The minimum atomic E-state index is -0.0968. The van der Waals surface area contributed by atoms with Crippen molar-refractivity contribution in [2.45, 2.75) is 20.3 Å². The average Bonchev–Trinajstić information content (AvgIpc) is 2.90. The molecule has 0 atom stereocenters. The lowest BCUT2D eigenvalue weighted by atomic mass is 10.1. The van der Waals surface area contributed by atoms with Crippen molar-refractivity contribution in [1.29, 1.82) is 0 Å². The highest BCUT2D eigenvalue weighted by Gasteiger charge is 2.23. The molecule has 0 unspecified atom stereocenters. The van der Waals surface area contributed by atoms with Crippen LogP contribution >= 0.6 is 11.8 Å². The first-order valence-electron chi connectivity index (χ1n) is 7.59. The van der Waals surface area contributed by atoms with Gasteiger partial charge in [-0.1, -0.05) is 48.9 Å². The van der Waals surface area contributed by atoms with Crippen LogP contribution in [0.2, 0.25) is 0 Å². The summed E-state index contributed by atoms with van der Waals surface area (Å²) in [5.41, 5.74) is 4.34. The van der Waals surface area contributed by atoms with Crippen molar-refractivity contribution in [2.24, 2.45) is 4.99 Å². The molecule has 1 aliphatic rings. The Kier molecular flexibility index (Phi) is 4.63. The lowest BCUT2D eigenvalue weighted by Gasteiger charge is -1.98. The third-order valence-corrected chi connectivity index (χ3v) is 4.51. The van der Waals surface area contributed by atoms with E-state index >= 15 is 0 Å². The summed E-state index contributed by atoms with van der Waals surface area (Å²) < 4.78 is 0. The fourth-order valence-corrected chi connectivity index (χ4v) is 3.06. The van der Waals surface area contributed by atoms with Gasteiger partial charge in [0.1, 0.15) is 0 Å². The Morgan fingerprint density at radius 3 is 2.43 bits per heavy atom. The first-order chi connectivity index (χ1) is 11.1. The number of amidine groups is 1. The number of aryl methyl sites for hydroxylation is 2. The smallest absolute Gasteiger partial charge is 0.264 e. The van der Waals surface area contributed by atoms with Crippen LogP contribution in [0.4, 0.5) is 5.69 Å². The van der Waals surface area contributed by atoms with Crippen LogP contribution in [0.1, 0.15) is 23.6 Å². The monoisotopic (exact) mass is 322 g/mol. The van der Waals surface area contributed by atoms with Crippen molar-refractivity contribution in [1.82, 2.24) is 5.32 Å². The standard InChI is InChI=1S/C19H18N2OS/c1-3-14-6-8-15(9-7-14)12-17-18(22)21-19(23-17)20-16-10-4-13(2)5-11-16/h4-12H,3H2,1-2H3,(H,20,21,22). The summed E-state index contributed by atoms with van der Waals surface area (Å²) in [5, 5.41) is 3.44. The normalized spacial score (nSPS) is 17.7. The number of carbonyl (C=O) groups is 1. The lowest BCUT2D eigenvalue weighted by molar-refractivity contribution is -0.115. The fourth-order valence-electron chi connectivity index (χ4n) is 2.22. The van der Waals surface area contributed by atoms with Crippen molar-refractivity contribution >= 4 is 34.6 Å². The van der Waals surface area contributed by atoms with E-state index in [9.17, 15) is 4.79 Å². The molecule has 0 aliphatic carbocycles. The second kappa shape index (κ2) is 6.84. The van der Waals surface area contributed by atoms with Gasteiger partial charge in [-0.2, -0.15) is 0 Å². The van der Waals surface area contributed by atoms with Crippen LogP contribution in [-0.4, -0.2) is 11.1 Å². The molecule has 0 spiro atoms. The molecule has 1 N–H and O–H groups in total. The second-order valence-electron chi connectivity index (χ2n) is 5.41. The summed E-state index contributed by atoms with van der Waals surface area (Å²) in [6.45, 7) is 4.16. The third kappa shape index (κ3) is 3.90. The van der Waals surface area contributed by atoms with E-state index in [0.29, 0.717) is 10.1 Å². The van der Waals surface area contributed by atoms with Crippen LogP contribution in [0.25, 0.3) is 6.08 Å². The van der Waals surface area contributed by atoms with Crippen LogP contribution < -0.4 is 5.32 Å². The molecule has 1 heterocycles. The highest BCUT2D eigenvalue weighted by molar-refractivity contribution is 8.18. The molecule has 116 valence electrons. The molecule has 2 aromatic rings. The van der Waals surface area contributed by atoms with E-state index in [1.807, 2.05) is 49.4 Å². The molecule has 3 nitrogen and oxygen atoms in total. The molecule has 0 radical (unpaired) electrons. The number of benzene rings is 2. The summed E-state index contributed by atoms with van der Waals surface area (Å²) >= 11 is 1.37. The number of nitrogens with zero attached hydrogens (tertiary/aromatic N) is 1. The Morgan fingerprint density at radius 2 is 1.78 bits per heavy atom. The number of hydrogen-bond donors (Lipinski definition) is 1. The number of thioether (sulfide) groups is 1. The van der Waals surface area contributed by atoms with E-state index in [2.05, 4.69) is 29.4 Å². The van der Waals surface area contributed by atoms with Gasteiger partial charge in [0.15, 0.2) is 5.17 Å². The van der Waals surface area contributed by atoms with Crippen LogP contribution in [-0.2, 0) is 11.2 Å². The van der Waals surface area contributed by atoms with E-state index in [1.165, 1.54) is 22.9 Å². The van der Waals surface area contributed by atoms with Gasteiger partial charge in [-0.25, -0.2) is 4.99 Å². The highest BCUT2D eigenvalue weighted by atomic mass is 32.2. The largest absolute Gasteiger partial charge is 0.300 e. The van der Waals surface area contributed by atoms with Gasteiger partial charge in [-0.3, -0.25) is 4.79 Å². The van der Waals surface area contributed by atoms with E-state index < -0.39 is 0 Å². The van der Waals surface area contributed by atoms with Gasteiger partial charge < -0.3 is 5.32 Å². The first kappa shape index (κ1) is 15.6. The number of nitrogens with one attached hydrogen (secondary N) is 1. The third-order valence-electron chi connectivity index (χ3n) is 3.60. The van der Waals surface area contributed by atoms with Crippen LogP contribution in [0.15, 0.2) is 58.4 Å².